The van der Waals surface area contributed by atoms with E-state index in [4.69, 9.17) is 10.5 Å². The number of nitrogens with two attached hydrogens (primary N) is 1. The molecule has 1 aliphatic carbocycles. The van der Waals surface area contributed by atoms with Crippen LogP contribution in [0.15, 0.2) is 29.2 Å². The van der Waals surface area contributed by atoms with Crippen LogP contribution < -0.4 is 15.2 Å². The summed E-state index contributed by atoms with van der Waals surface area (Å²) >= 11 is 0. The largest absolute Gasteiger partial charge is 0.492 e. The van der Waals surface area contributed by atoms with Crippen LogP contribution in [0.1, 0.15) is 25.7 Å². The lowest BCUT2D eigenvalue weighted by atomic mass is 9.80. The number of sulfonamides is 1. The molecule has 1 fully saturated rings. The van der Waals surface area contributed by atoms with Crippen molar-refractivity contribution in [1.82, 2.24) is 4.72 Å². The Labute approximate surface area is 126 Å². The molecule has 0 amide bonds. The van der Waals surface area contributed by atoms with Gasteiger partial charge in [-0.1, -0.05) is 25.0 Å². The summed E-state index contributed by atoms with van der Waals surface area (Å²) in [6.07, 6.45) is 4.66. The first-order valence-corrected chi connectivity index (χ1v) is 8.92. The van der Waals surface area contributed by atoms with Crippen LogP contribution in [0.5, 0.6) is 5.75 Å². The monoisotopic (exact) mass is 312 g/mol. The van der Waals surface area contributed by atoms with Gasteiger partial charge in [0.2, 0.25) is 10.0 Å². The van der Waals surface area contributed by atoms with Gasteiger partial charge in [0.25, 0.3) is 0 Å². The van der Waals surface area contributed by atoms with Gasteiger partial charge in [0, 0.05) is 0 Å². The zero-order valence-corrected chi connectivity index (χ0v) is 13.2. The van der Waals surface area contributed by atoms with E-state index in [1.165, 1.54) is 19.9 Å². The molecule has 2 rings (SSSR count). The van der Waals surface area contributed by atoms with E-state index in [2.05, 4.69) is 4.72 Å². The highest BCUT2D eigenvalue weighted by atomic mass is 32.2. The molecule has 0 spiro atoms. The van der Waals surface area contributed by atoms with Gasteiger partial charge in [0.1, 0.15) is 10.6 Å². The molecule has 3 N–H and O–H groups in total. The van der Waals surface area contributed by atoms with Crippen molar-refractivity contribution in [2.75, 3.05) is 20.2 Å². The van der Waals surface area contributed by atoms with Crippen molar-refractivity contribution in [2.45, 2.75) is 30.6 Å². The van der Waals surface area contributed by atoms with E-state index in [0.717, 1.165) is 12.8 Å². The lowest BCUT2D eigenvalue weighted by Crippen LogP contribution is -2.31. The minimum absolute atomic E-state index is 0.188. The van der Waals surface area contributed by atoms with E-state index in [-0.39, 0.29) is 4.90 Å². The number of para-hydroxylation sites is 1. The van der Waals surface area contributed by atoms with Gasteiger partial charge in [-0.2, -0.15) is 0 Å². The average molecular weight is 312 g/mol. The molecule has 0 bridgehead atoms. The van der Waals surface area contributed by atoms with Crippen molar-refractivity contribution < 1.29 is 13.2 Å². The lowest BCUT2D eigenvalue weighted by molar-refractivity contribution is 0.151. The SMILES string of the molecule is CNS(=O)(=O)c1ccccc1OCC1CCCCC1CN. The lowest BCUT2D eigenvalue weighted by Gasteiger charge is -2.30. The predicted molar refractivity (Wildman–Crippen MR) is 82.7 cm³/mol. The molecule has 0 aliphatic heterocycles. The Morgan fingerprint density at radius 2 is 1.90 bits per heavy atom. The van der Waals surface area contributed by atoms with Gasteiger partial charge in [-0.15, -0.1) is 0 Å². The van der Waals surface area contributed by atoms with Crippen molar-refractivity contribution in [3.63, 3.8) is 0 Å². The van der Waals surface area contributed by atoms with Gasteiger partial charge in [-0.05, 0) is 50.4 Å². The summed E-state index contributed by atoms with van der Waals surface area (Å²) in [7, 11) is -2.10. The molecule has 5 nitrogen and oxygen atoms in total. The van der Waals surface area contributed by atoms with Crippen LogP contribution in [0.25, 0.3) is 0 Å². The van der Waals surface area contributed by atoms with E-state index in [9.17, 15) is 8.42 Å². The molecule has 1 aromatic carbocycles. The molecular formula is C15H24N2O3S. The molecule has 2 atom stereocenters. The van der Waals surface area contributed by atoms with Crippen LogP contribution in [-0.2, 0) is 10.0 Å². The average Bonchev–Trinajstić information content (AvgIpc) is 2.53. The second-order valence-electron chi connectivity index (χ2n) is 5.51. The van der Waals surface area contributed by atoms with Crippen LogP contribution in [0, 0.1) is 11.8 Å². The predicted octanol–water partition coefficient (Wildman–Crippen LogP) is 1.74. The molecule has 0 saturated heterocycles. The van der Waals surface area contributed by atoms with E-state index in [0.29, 0.717) is 30.7 Å². The third-order valence-electron chi connectivity index (χ3n) is 4.23. The highest BCUT2D eigenvalue weighted by Crippen LogP contribution is 2.31. The topological polar surface area (TPSA) is 81.4 Å². The summed E-state index contributed by atoms with van der Waals surface area (Å²) in [4.78, 5) is 0.188. The summed E-state index contributed by atoms with van der Waals surface area (Å²) in [5.41, 5.74) is 5.82. The molecule has 118 valence electrons. The number of hydrogen-bond donors (Lipinski definition) is 2. The second-order valence-corrected chi connectivity index (χ2v) is 7.36. The molecule has 1 aliphatic rings. The van der Waals surface area contributed by atoms with Crippen LogP contribution in [-0.4, -0.2) is 28.6 Å². The third kappa shape index (κ3) is 3.96. The van der Waals surface area contributed by atoms with Crippen molar-refractivity contribution in [1.29, 1.82) is 0 Å². The number of rotatable bonds is 6. The standard InChI is InChI=1S/C15H24N2O3S/c1-17-21(18,19)15-9-5-4-8-14(15)20-11-13-7-3-2-6-12(13)10-16/h4-5,8-9,12-13,17H,2-3,6-7,10-11,16H2,1H3. The number of nitrogens with one attached hydrogen (secondary N) is 1. The van der Waals surface area contributed by atoms with Gasteiger partial charge >= 0.3 is 0 Å². The van der Waals surface area contributed by atoms with Crippen molar-refractivity contribution in [3.8, 4) is 5.75 Å². The minimum atomic E-state index is -3.50. The second kappa shape index (κ2) is 7.24. The number of benzene rings is 1. The molecule has 0 heterocycles. The minimum Gasteiger partial charge on any atom is -0.492 e. The van der Waals surface area contributed by atoms with Crippen molar-refractivity contribution in [2.24, 2.45) is 17.6 Å². The quantitative estimate of drug-likeness (QED) is 0.838. The van der Waals surface area contributed by atoms with E-state index in [1.54, 1.807) is 24.3 Å². The molecule has 21 heavy (non-hydrogen) atoms. The van der Waals surface area contributed by atoms with Crippen LogP contribution >= 0.6 is 0 Å². The van der Waals surface area contributed by atoms with Gasteiger partial charge in [0.05, 0.1) is 6.61 Å². The molecule has 6 heteroatoms. The fraction of sp³-hybridized carbons (Fsp3) is 0.600. The summed E-state index contributed by atoms with van der Waals surface area (Å²) in [5, 5.41) is 0. The summed E-state index contributed by atoms with van der Waals surface area (Å²) < 4.78 is 32.1. The maximum atomic E-state index is 12.0. The molecular weight excluding hydrogens is 288 g/mol. The molecule has 1 saturated carbocycles. The molecule has 2 unspecified atom stereocenters. The molecule has 0 aromatic heterocycles. The Morgan fingerprint density at radius 3 is 2.57 bits per heavy atom. The number of ether oxygens (including phenoxy) is 1. The Hall–Kier alpha value is -1.11. The zero-order chi connectivity index (χ0) is 15.3. The Bertz CT molecular complexity index is 560. The Morgan fingerprint density at radius 1 is 1.24 bits per heavy atom. The van der Waals surface area contributed by atoms with E-state index in [1.807, 2.05) is 0 Å². The smallest absolute Gasteiger partial charge is 0.243 e. The van der Waals surface area contributed by atoms with E-state index >= 15 is 0 Å². The molecule has 1 aromatic rings. The number of hydrogen-bond acceptors (Lipinski definition) is 4. The van der Waals surface area contributed by atoms with Crippen LogP contribution in [0.4, 0.5) is 0 Å². The van der Waals surface area contributed by atoms with Crippen molar-refractivity contribution in [3.05, 3.63) is 24.3 Å². The van der Waals surface area contributed by atoms with E-state index < -0.39 is 10.0 Å². The van der Waals surface area contributed by atoms with Gasteiger partial charge in [-0.3, -0.25) is 0 Å². The zero-order valence-electron chi connectivity index (χ0n) is 12.4. The Kier molecular flexibility index (Phi) is 5.61. The molecule has 0 radical (unpaired) electrons. The van der Waals surface area contributed by atoms with Gasteiger partial charge in [-0.25, -0.2) is 13.1 Å². The van der Waals surface area contributed by atoms with Gasteiger partial charge in [0.15, 0.2) is 0 Å². The maximum Gasteiger partial charge on any atom is 0.243 e. The first-order valence-electron chi connectivity index (χ1n) is 7.44. The fourth-order valence-electron chi connectivity index (χ4n) is 2.91. The highest BCUT2D eigenvalue weighted by Gasteiger charge is 2.25. The van der Waals surface area contributed by atoms with Crippen LogP contribution in [0.3, 0.4) is 0 Å². The summed E-state index contributed by atoms with van der Waals surface area (Å²) in [6.45, 7) is 1.20. The summed E-state index contributed by atoms with van der Waals surface area (Å²) in [5.74, 6) is 1.30. The summed E-state index contributed by atoms with van der Waals surface area (Å²) in [6, 6.07) is 6.73. The van der Waals surface area contributed by atoms with Crippen LogP contribution in [0.2, 0.25) is 0 Å². The highest BCUT2D eigenvalue weighted by molar-refractivity contribution is 7.89. The van der Waals surface area contributed by atoms with Gasteiger partial charge < -0.3 is 10.5 Å². The first-order chi connectivity index (χ1) is 10.1. The maximum absolute atomic E-state index is 12.0. The first kappa shape index (κ1) is 16.3. The normalized spacial score (nSPS) is 23.0. The third-order valence-corrected chi connectivity index (χ3v) is 5.68. The Balaban J connectivity index is 2.10. The van der Waals surface area contributed by atoms with Crippen molar-refractivity contribution >= 4 is 10.0 Å². The fourth-order valence-corrected chi connectivity index (χ4v) is 3.78.